The average Bonchev–Trinajstić information content (AvgIpc) is 3.05. The van der Waals surface area contributed by atoms with Crippen molar-refractivity contribution in [3.05, 3.63) is 59.2 Å². The molecular formula is C29H31NO. The number of Topliss-reactive ketones (excluding diaryl/α,β-unsaturated/α-hetero) is 1. The molecule has 0 radical (unpaired) electrons. The van der Waals surface area contributed by atoms with Gasteiger partial charge in [-0.3, -0.25) is 4.79 Å². The number of fused-ring (bicyclic) bond motifs is 7. The van der Waals surface area contributed by atoms with Gasteiger partial charge in [-0.25, -0.2) is 0 Å². The Labute approximate surface area is 184 Å². The molecule has 1 aromatic heterocycles. The molecule has 0 atom stereocenters. The summed E-state index contributed by atoms with van der Waals surface area (Å²) < 4.78 is 0. The molecule has 0 amide bonds. The Bertz CT molecular complexity index is 1400. The van der Waals surface area contributed by atoms with Crippen LogP contribution in [0.1, 0.15) is 81.8 Å². The van der Waals surface area contributed by atoms with Crippen LogP contribution in [0.15, 0.2) is 42.5 Å². The van der Waals surface area contributed by atoms with Crippen molar-refractivity contribution in [2.45, 2.75) is 71.1 Å². The predicted octanol–water partition coefficient (Wildman–Crippen LogP) is 7.81. The van der Waals surface area contributed by atoms with E-state index in [1.165, 1.54) is 32.7 Å². The van der Waals surface area contributed by atoms with E-state index in [9.17, 15) is 4.79 Å². The molecule has 0 saturated heterocycles. The van der Waals surface area contributed by atoms with Gasteiger partial charge < -0.3 is 4.98 Å². The third-order valence-electron chi connectivity index (χ3n) is 8.48. The van der Waals surface area contributed by atoms with Crippen LogP contribution in [0.4, 0.5) is 0 Å². The molecule has 0 aliphatic heterocycles. The number of rotatable bonds is 0. The minimum Gasteiger partial charge on any atom is -0.354 e. The van der Waals surface area contributed by atoms with Crippen molar-refractivity contribution in [2.24, 2.45) is 5.41 Å². The summed E-state index contributed by atoms with van der Waals surface area (Å²) in [4.78, 5) is 17.2. The third-order valence-corrected chi connectivity index (χ3v) is 8.48. The Balaban J connectivity index is 1.68. The molecule has 0 unspecified atom stereocenters. The molecule has 31 heavy (non-hydrogen) atoms. The van der Waals surface area contributed by atoms with Crippen LogP contribution in [0.3, 0.4) is 0 Å². The fourth-order valence-electron chi connectivity index (χ4n) is 6.11. The maximum Gasteiger partial charge on any atom is 0.169 e. The molecule has 4 aromatic rings. The van der Waals surface area contributed by atoms with Gasteiger partial charge in [0.2, 0.25) is 0 Å². The van der Waals surface area contributed by atoms with Crippen molar-refractivity contribution in [1.82, 2.24) is 4.98 Å². The quantitative estimate of drug-likeness (QED) is 0.316. The number of hydrogen-bond donors (Lipinski definition) is 1. The normalized spacial score (nSPS) is 26.0. The van der Waals surface area contributed by atoms with Crippen LogP contribution in [0.2, 0.25) is 0 Å². The molecule has 158 valence electrons. The molecular weight excluding hydrogens is 378 g/mol. The zero-order valence-corrected chi connectivity index (χ0v) is 19.3. The Kier molecular flexibility index (Phi) is 3.57. The van der Waals surface area contributed by atoms with Crippen molar-refractivity contribution < 1.29 is 4.79 Å². The fourth-order valence-corrected chi connectivity index (χ4v) is 6.11. The van der Waals surface area contributed by atoms with Crippen LogP contribution in [0, 0.1) is 5.41 Å². The first kappa shape index (κ1) is 19.1. The molecule has 7 rings (SSSR count). The van der Waals surface area contributed by atoms with Crippen LogP contribution in [-0.4, -0.2) is 10.8 Å². The van der Waals surface area contributed by atoms with Crippen LogP contribution < -0.4 is 0 Å². The van der Waals surface area contributed by atoms with Crippen molar-refractivity contribution in [1.29, 1.82) is 0 Å². The maximum absolute atomic E-state index is 13.5. The largest absolute Gasteiger partial charge is 0.354 e. The van der Waals surface area contributed by atoms with Gasteiger partial charge in [0, 0.05) is 32.8 Å². The summed E-state index contributed by atoms with van der Waals surface area (Å²) in [6.45, 7) is 11.3. The molecule has 1 N–H and O–H groups in total. The molecule has 1 fully saturated rings. The van der Waals surface area contributed by atoms with Crippen molar-refractivity contribution in [3.63, 3.8) is 0 Å². The SMILES string of the molecule is CC12CCC(C)(CC1)c1cc3c(cc1C2=O)[nH]c1ccc2cc(C(C)(C)C)ccc2c13. The van der Waals surface area contributed by atoms with Gasteiger partial charge >= 0.3 is 0 Å². The first-order valence-electron chi connectivity index (χ1n) is 11.7. The summed E-state index contributed by atoms with van der Waals surface area (Å²) >= 11 is 0. The smallest absolute Gasteiger partial charge is 0.169 e. The van der Waals surface area contributed by atoms with E-state index in [1.807, 2.05) is 0 Å². The Morgan fingerprint density at radius 3 is 2.23 bits per heavy atom. The van der Waals surface area contributed by atoms with Crippen LogP contribution >= 0.6 is 0 Å². The Morgan fingerprint density at radius 1 is 0.806 bits per heavy atom. The lowest BCUT2D eigenvalue weighted by Gasteiger charge is -2.38. The summed E-state index contributed by atoms with van der Waals surface area (Å²) in [5.74, 6) is 0.351. The minimum absolute atomic E-state index is 0.1000. The van der Waals surface area contributed by atoms with Crippen LogP contribution in [0.25, 0.3) is 32.6 Å². The zero-order chi connectivity index (χ0) is 21.8. The van der Waals surface area contributed by atoms with E-state index in [2.05, 4.69) is 82.1 Å². The highest BCUT2D eigenvalue weighted by Crippen LogP contribution is 2.54. The van der Waals surface area contributed by atoms with E-state index in [0.717, 1.165) is 42.3 Å². The molecule has 2 bridgehead atoms. The van der Waals surface area contributed by atoms with E-state index < -0.39 is 0 Å². The number of nitrogens with one attached hydrogen (secondary N) is 1. The number of aromatic amines is 1. The maximum atomic E-state index is 13.5. The third kappa shape index (κ3) is 2.54. The number of carbonyl (C=O) groups excluding carboxylic acids is 1. The van der Waals surface area contributed by atoms with Gasteiger partial charge in [-0.2, -0.15) is 0 Å². The first-order valence-corrected chi connectivity index (χ1v) is 11.7. The Hall–Kier alpha value is -2.61. The van der Waals surface area contributed by atoms with Crippen molar-refractivity contribution in [2.75, 3.05) is 0 Å². The van der Waals surface area contributed by atoms with Gasteiger partial charge in [-0.1, -0.05) is 58.9 Å². The zero-order valence-electron chi connectivity index (χ0n) is 19.3. The van der Waals surface area contributed by atoms with E-state index in [1.54, 1.807) is 0 Å². The lowest BCUT2D eigenvalue weighted by Crippen LogP contribution is -2.33. The highest BCUT2D eigenvalue weighted by molar-refractivity contribution is 6.21. The van der Waals surface area contributed by atoms with Crippen LogP contribution in [-0.2, 0) is 10.8 Å². The number of hydrogen-bond acceptors (Lipinski definition) is 1. The number of H-pyrrole nitrogens is 1. The van der Waals surface area contributed by atoms with Gasteiger partial charge in [0.25, 0.3) is 0 Å². The van der Waals surface area contributed by atoms with Crippen molar-refractivity contribution in [3.8, 4) is 0 Å². The topological polar surface area (TPSA) is 32.9 Å². The molecule has 3 aromatic carbocycles. The summed E-state index contributed by atoms with van der Waals surface area (Å²) in [7, 11) is 0. The number of aromatic nitrogens is 1. The highest BCUT2D eigenvalue weighted by atomic mass is 16.1. The number of benzene rings is 3. The molecule has 3 aliphatic rings. The van der Waals surface area contributed by atoms with E-state index in [-0.39, 0.29) is 16.2 Å². The lowest BCUT2D eigenvalue weighted by molar-refractivity contribution is 0.0732. The molecule has 2 nitrogen and oxygen atoms in total. The van der Waals surface area contributed by atoms with Gasteiger partial charge in [-0.15, -0.1) is 0 Å². The fraction of sp³-hybridized carbons (Fsp3) is 0.414. The second-order valence-electron chi connectivity index (χ2n) is 11.7. The van der Waals surface area contributed by atoms with Gasteiger partial charge in [0.05, 0.1) is 0 Å². The standard InChI is InChI=1S/C29H31NO/c1-27(2,3)18-7-8-19-17(14-18)6-9-23-25(19)21-15-22-20(16-24(21)30-23)26(31)29(5)12-10-28(22,4)11-13-29/h6-9,14-16,30H,10-13H2,1-5H3. The van der Waals surface area contributed by atoms with Gasteiger partial charge in [0.1, 0.15) is 0 Å². The number of ketones is 1. The monoisotopic (exact) mass is 409 g/mol. The molecule has 3 aliphatic carbocycles. The molecule has 1 heterocycles. The summed E-state index contributed by atoms with van der Waals surface area (Å²) in [5.41, 5.74) is 5.86. The summed E-state index contributed by atoms with van der Waals surface area (Å²) in [5, 5.41) is 5.12. The second kappa shape index (κ2) is 5.79. The average molecular weight is 410 g/mol. The van der Waals surface area contributed by atoms with E-state index >= 15 is 0 Å². The lowest BCUT2D eigenvalue weighted by atomic mass is 9.65. The summed E-state index contributed by atoms with van der Waals surface area (Å²) in [6.07, 6.45) is 4.21. The second-order valence-corrected chi connectivity index (χ2v) is 11.7. The summed E-state index contributed by atoms with van der Waals surface area (Å²) in [6, 6.07) is 15.8. The predicted molar refractivity (Wildman–Crippen MR) is 130 cm³/mol. The van der Waals surface area contributed by atoms with Gasteiger partial charge in [0.15, 0.2) is 5.78 Å². The van der Waals surface area contributed by atoms with Crippen LogP contribution in [0.5, 0.6) is 0 Å². The van der Waals surface area contributed by atoms with E-state index in [4.69, 9.17) is 0 Å². The molecule has 0 spiro atoms. The van der Waals surface area contributed by atoms with Crippen molar-refractivity contribution >= 4 is 38.4 Å². The number of carbonyl (C=O) groups is 1. The first-order chi connectivity index (χ1) is 14.6. The molecule has 2 heteroatoms. The highest BCUT2D eigenvalue weighted by Gasteiger charge is 2.48. The van der Waals surface area contributed by atoms with Gasteiger partial charge in [-0.05, 0) is 76.6 Å². The minimum atomic E-state index is -0.194. The van der Waals surface area contributed by atoms with E-state index in [0.29, 0.717) is 5.78 Å². The molecule has 1 saturated carbocycles. The Morgan fingerprint density at radius 2 is 1.52 bits per heavy atom.